The Labute approximate surface area is 180 Å². The average molecular weight is 419 g/mol. The molecule has 0 aromatic carbocycles. The van der Waals surface area contributed by atoms with E-state index in [2.05, 4.69) is 15.4 Å². The standard InChI is InChI=1S/C23H25N5O3/c1-15-8-11-31-21(15)23(30)27-10-7-19-18(14-27)20(26-28(19)13-16-5-6-16)22(29)25-12-17-4-2-3-9-24-17/h2-4,8-9,11,16H,5-7,10,12-14H2,1H3,(H,25,29). The summed E-state index contributed by atoms with van der Waals surface area (Å²) in [6.45, 7) is 3.96. The number of pyridine rings is 1. The van der Waals surface area contributed by atoms with E-state index in [1.54, 1.807) is 17.2 Å². The van der Waals surface area contributed by atoms with Gasteiger partial charge in [0.25, 0.3) is 11.8 Å². The lowest BCUT2D eigenvalue weighted by molar-refractivity contribution is 0.0697. The van der Waals surface area contributed by atoms with E-state index in [0.29, 0.717) is 43.4 Å². The molecule has 31 heavy (non-hydrogen) atoms. The molecular formula is C23H25N5O3. The van der Waals surface area contributed by atoms with Gasteiger partial charge in [0.2, 0.25) is 0 Å². The molecule has 1 aliphatic heterocycles. The van der Waals surface area contributed by atoms with Gasteiger partial charge in [-0.15, -0.1) is 0 Å². The summed E-state index contributed by atoms with van der Waals surface area (Å²) in [5, 5.41) is 7.61. The molecule has 0 bridgehead atoms. The molecule has 160 valence electrons. The minimum Gasteiger partial charge on any atom is -0.459 e. The second kappa shape index (κ2) is 8.02. The number of carbonyl (C=O) groups excluding carboxylic acids is 2. The van der Waals surface area contributed by atoms with Crippen LogP contribution in [0.4, 0.5) is 0 Å². The van der Waals surface area contributed by atoms with Gasteiger partial charge >= 0.3 is 0 Å². The zero-order valence-corrected chi connectivity index (χ0v) is 17.5. The number of hydrogen-bond donors (Lipinski definition) is 1. The first-order valence-electron chi connectivity index (χ1n) is 10.7. The number of nitrogens with one attached hydrogen (secondary N) is 1. The maximum Gasteiger partial charge on any atom is 0.290 e. The molecule has 5 rings (SSSR count). The van der Waals surface area contributed by atoms with Crippen molar-refractivity contribution in [2.45, 2.75) is 45.8 Å². The molecule has 1 N–H and O–H groups in total. The van der Waals surface area contributed by atoms with Gasteiger partial charge in [-0.25, -0.2) is 0 Å². The highest BCUT2D eigenvalue weighted by molar-refractivity contribution is 5.95. The average Bonchev–Trinajstić information content (AvgIpc) is 3.40. The fourth-order valence-electron chi connectivity index (χ4n) is 4.04. The fourth-order valence-corrected chi connectivity index (χ4v) is 4.04. The molecule has 3 aromatic rings. The quantitative estimate of drug-likeness (QED) is 0.663. The summed E-state index contributed by atoms with van der Waals surface area (Å²) < 4.78 is 7.39. The van der Waals surface area contributed by atoms with E-state index in [9.17, 15) is 9.59 Å². The summed E-state index contributed by atoms with van der Waals surface area (Å²) in [6.07, 6.45) is 6.32. The first-order chi connectivity index (χ1) is 15.1. The zero-order valence-electron chi connectivity index (χ0n) is 17.5. The van der Waals surface area contributed by atoms with Crippen molar-refractivity contribution in [3.8, 4) is 0 Å². The van der Waals surface area contributed by atoms with Crippen molar-refractivity contribution in [2.24, 2.45) is 5.92 Å². The molecule has 0 atom stereocenters. The van der Waals surface area contributed by atoms with E-state index in [-0.39, 0.29) is 11.8 Å². The molecule has 0 spiro atoms. The van der Waals surface area contributed by atoms with Crippen molar-refractivity contribution >= 4 is 11.8 Å². The van der Waals surface area contributed by atoms with E-state index < -0.39 is 0 Å². The second-order valence-electron chi connectivity index (χ2n) is 8.31. The summed E-state index contributed by atoms with van der Waals surface area (Å²) in [5.41, 5.74) is 3.90. The van der Waals surface area contributed by atoms with Crippen LogP contribution >= 0.6 is 0 Å². The number of carbonyl (C=O) groups is 2. The number of rotatable bonds is 6. The Morgan fingerprint density at radius 3 is 2.84 bits per heavy atom. The van der Waals surface area contributed by atoms with Gasteiger partial charge in [0.1, 0.15) is 0 Å². The molecule has 0 radical (unpaired) electrons. The molecule has 1 saturated carbocycles. The highest BCUT2D eigenvalue weighted by Gasteiger charge is 2.33. The third-order valence-electron chi connectivity index (χ3n) is 5.98. The Kier molecular flexibility index (Phi) is 5.05. The molecule has 2 amide bonds. The lowest BCUT2D eigenvalue weighted by Gasteiger charge is -2.27. The number of aryl methyl sites for hydroxylation is 1. The minimum absolute atomic E-state index is 0.150. The SMILES string of the molecule is Cc1ccoc1C(=O)N1CCc2c(c(C(=O)NCc3ccccn3)nn2CC2CC2)C1. The van der Waals surface area contributed by atoms with E-state index in [4.69, 9.17) is 4.42 Å². The molecule has 8 heteroatoms. The number of aromatic nitrogens is 3. The van der Waals surface area contributed by atoms with Crippen molar-refractivity contribution in [3.05, 3.63) is 70.7 Å². The van der Waals surface area contributed by atoms with E-state index in [0.717, 1.165) is 29.1 Å². The molecule has 3 aromatic heterocycles. The Morgan fingerprint density at radius 1 is 1.26 bits per heavy atom. The zero-order chi connectivity index (χ0) is 21.4. The lowest BCUT2D eigenvalue weighted by Crippen LogP contribution is -2.37. The van der Waals surface area contributed by atoms with Crippen LogP contribution in [-0.4, -0.2) is 38.0 Å². The van der Waals surface area contributed by atoms with Crippen LogP contribution < -0.4 is 5.32 Å². The van der Waals surface area contributed by atoms with E-state index in [1.807, 2.05) is 29.8 Å². The Morgan fingerprint density at radius 2 is 2.13 bits per heavy atom. The van der Waals surface area contributed by atoms with Gasteiger partial charge < -0.3 is 14.6 Å². The van der Waals surface area contributed by atoms with Crippen LogP contribution in [-0.2, 0) is 26.1 Å². The fraction of sp³-hybridized carbons (Fsp3) is 0.391. The van der Waals surface area contributed by atoms with Crippen LogP contribution in [0.5, 0.6) is 0 Å². The molecule has 2 aliphatic rings. The monoisotopic (exact) mass is 419 g/mol. The first-order valence-corrected chi connectivity index (χ1v) is 10.7. The van der Waals surface area contributed by atoms with Crippen LogP contribution in [0.15, 0.2) is 41.1 Å². The van der Waals surface area contributed by atoms with Crippen LogP contribution in [0.3, 0.4) is 0 Å². The van der Waals surface area contributed by atoms with Crippen molar-refractivity contribution in [2.75, 3.05) is 6.54 Å². The van der Waals surface area contributed by atoms with Crippen LogP contribution in [0.25, 0.3) is 0 Å². The van der Waals surface area contributed by atoms with Gasteiger partial charge in [-0.05, 0) is 43.9 Å². The highest BCUT2D eigenvalue weighted by atomic mass is 16.3. The largest absolute Gasteiger partial charge is 0.459 e. The predicted octanol–water partition coefficient (Wildman–Crippen LogP) is 2.72. The van der Waals surface area contributed by atoms with Gasteiger partial charge in [0.15, 0.2) is 11.5 Å². The van der Waals surface area contributed by atoms with Gasteiger partial charge in [-0.3, -0.25) is 19.3 Å². The van der Waals surface area contributed by atoms with Crippen molar-refractivity contribution in [1.82, 2.24) is 25.0 Å². The maximum absolute atomic E-state index is 13.0. The van der Waals surface area contributed by atoms with Crippen LogP contribution in [0.2, 0.25) is 0 Å². The van der Waals surface area contributed by atoms with E-state index >= 15 is 0 Å². The smallest absolute Gasteiger partial charge is 0.290 e. The van der Waals surface area contributed by atoms with Crippen molar-refractivity contribution in [3.63, 3.8) is 0 Å². The summed E-state index contributed by atoms with van der Waals surface area (Å²) in [6, 6.07) is 7.38. The number of fused-ring (bicyclic) bond motifs is 1. The number of furan rings is 1. The normalized spacial score (nSPS) is 15.6. The molecule has 8 nitrogen and oxygen atoms in total. The number of nitrogens with zero attached hydrogens (tertiary/aromatic N) is 4. The summed E-state index contributed by atoms with van der Waals surface area (Å²) in [4.78, 5) is 32.0. The van der Waals surface area contributed by atoms with Crippen molar-refractivity contribution < 1.29 is 14.0 Å². The second-order valence-corrected chi connectivity index (χ2v) is 8.31. The summed E-state index contributed by atoms with van der Waals surface area (Å²) in [7, 11) is 0. The van der Waals surface area contributed by atoms with Gasteiger partial charge in [-0.1, -0.05) is 6.07 Å². The molecule has 1 aliphatic carbocycles. The molecule has 1 fully saturated rings. The van der Waals surface area contributed by atoms with Gasteiger partial charge in [0, 0.05) is 42.5 Å². The maximum atomic E-state index is 13.0. The van der Waals surface area contributed by atoms with Crippen molar-refractivity contribution in [1.29, 1.82) is 0 Å². The summed E-state index contributed by atoms with van der Waals surface area (Å²) >= 11 is 0. The molecular weight excluding hydrogens is 394 g/mol. The number of amides is 2. The number of hydrogen-bond acceptors (Lipinski definition) is 5. The van der Waals surface area contributed by atoms with Crippen LogP contribution in [0, 0.1) is 12.8 Å². The third kappa shape index (κ3) is 3.97. The Hall–Kier alpha value is -3.42. The summed E-state index contributed by atoms with van der Waals surface area (Å²) in [5.74, 6) is 0.608. The Balaban J connectivity index is 1.39. The van der Waals surface area contributed by atoms with E-state index in [1.165, 1.54) is 19.1 Å². The highest BCUT2D eigenvalue weighted by Crippen LogP contribution is 2.33. The van der Waals surface area contributed by atoms with Gasteiger partial charge in [0.05, 0.1) is 25.0 Å². The minimum atomic E-state index is -0.236. The first kappa shape index (κ1) is 19.5. The third-order valence-corrected chi connectivity index (χ3v) is 5.98. The molecule has 0 saturated heterocycles. The molecule has 4 heterocycles. The topological polar surface area (TPSA) is 93.3 Å². The van der Waals surface area contributed by atoms with Gasteiger partial charge in [-0.2, -0.15) is 5.10 Å². The lowest BCUT2D eigenvalue weighted by atomic mass is 10.0. The van der Waals surface area contributed by atoms with Crippen LogP contribution in [0.1, 0.15) is 56.4 Å². The predicted molar refractivity (Wildman–Crippen MR) is 112 cm³/mol. The Bertz CT molecular complexity index is 1110. The molecule has 0 unspecified atom stereocenters.